The molecule has 3 aromatic rings. The number of hydrogen-bond donors (Lipinski definition) is 2. The number of aryl methyl sites for hydroxylation is 1. The fraction of sp³-hybridized carbons (Fsp3) is 0.429. The van der Waals surface area contributed by atoms with Gasteiger partial charge in [0, 0.05) is 31.7 Å². The maximum atomic E-state index is 14.9. The number of nitrogens with one attached hydrogen (secondary N) is 1. The van der Waals surface area contributed by atoms with Gasteiger partial charge in [-0.25, -0.2) is 14.4 Å². The van der Waals surface area contributed by atoms with E-state index < -0.39 is 6.17 Å². The van der Waals surface area contributed by atoms with E-state index in [-0.39, 0.29) is 28.9 Å². The molecular formula is C21H23FN6O2. The molecule has 5 rings (SSSR count). The quantitative estimate of drug-likeness (QED) is 0.679. The Morgan fingerprint density at radius 1 is 1.23 bits per heavy atom. The lowest BCUT2D eigenvalue weighted by atomic mass is 9.96. The van der Waals surface area contributed by atoms with Gasteiger partial charge < -0.3 is 19.9 Å². The fourth-order valence-electron chi connectivity index (χ4n) is 4.64. The van der Waals surface area contributed by atoms with E-state index in [1.165, 1.54) is 10.9 Å². The molecule has 2 fully saturated rings. The van der Waals surface area contributed by atoms with Crippen LogP contribution in [-0.2, 0) is 7.05 Å². The summed E-state index contributed by atoms with van der Waals surface area (Å²) in [6.07, 6.45) is 6.19. The molecule has 30 heavy (non-hydrogen) atoms. The van der Waals surface area contributed by atoms with E-state index in [1.807, 2.05) is 11.9 Å². The van der Waals surface area contributed by atoms with E-state index in [4.69, 9.17) is 0 Å². The van der Waals surface area contributed by atoms with Crippen LogP contribution in [0.3, 0.4) is 0 Å². The van der Waals surface area contributed by atoms with Crippen molar-refractivity contribution in [1.82, 2.24) is 24.8 Å². The van der Waals surface area contributed by atoms with Gasteiger partial charge in [-0.1, -0.05) is 0 Å². The maximum Gasteiger partial charge on any atom is 0.261 e. The number of phenolic OH excluding ortho intramolecular Hbond substituents is 1. The van der Waals surface area contributed by atoms with Gasteiger partial charge in [0.25, 0.3) is 5.56 Å². The molecule has 9 heteroatoms. The minimum absolute atomic E-state index is 0.0850. The second kappa shape index (κ2) is 7.02. The zero-order valence-electron chi connectivity index (χ0n) is 16.8. The summed E-state index contributed by atoms with van der Waals surface area (Å²) in [6, 6.07) is 3.30. The third kappa shape index (κ3) is 2.92. The third-order valence-corrected chi connectivity index (χ3v) is 6.39. The minimum Gasteiger partial charge on any atom is -0.505 e. The molecule has 2 saturated heterocycles. The van der Waals surface area contributed by atoms with Crippen LogP contribution < -0.4 is 15.8 Å². The van der Waals surface area contributed by atoms with Crippen molar-refractivity contribution in [3.05, 3.63) is 41.2 Å². The Balaban J connectivity index is 1.44. The molecule has 8 nitrogen and oxygen atoms in total. The lowest BCUT2D eigenvalue weighted by molar-refractivity contribution is 0.176. The van der Waals surface area contributed by atoms with Crippen molar-refractivity contribution in [1.29, 1.82) is 0 Å². The lowest BCUT2D eigenvalue weighted by Gasteiger charge is -2.38. The second-order valence-corrected chi connectivity index (χ2v) is 8.18. The number of hydrogen-bond acceptors (Lipinski definition) is 7. The van der Waals surface area contributed by atoms with Crippen LogP contribution in [0, 0.1) is 0 Å². The van der Waals surface area contributed by atoms with E-state index in [0.717, 1.165) is 19.3 Å². The zero-order valence-corrected chi connectivity index (χ0v) is 16.8. The first-order valence-corrected chi connectivity index (χ1v) is 10.1. The van der Waals surface area contributed by atoms with Crippen LogP contribution in [0.25, 0.3) is 22.2 Å². The van der Waals surface area contributed by atoms with Crippen LogP contribution in [0.5, 0.6) is 5.75 Å². The number of rotatable bonds is 3. The Bertz CT molecular complexity index is 1160. The normalized spacial score (nSPS) is 25.6. The molecular weight excluding hydrogens is 387 g/mol. The van der Waals surface area contributed by atoms with Crippen LogP contribution in [0.2, 0.25) is 0 Å². The molecule has 2 aromatic heterocycles. The van der Waals surface area contributed by atoms with Gasteiger partial charge in [-0.15, -0.1) is 0 Å². The molecule has 0 spiro atoms. The first-order valence-electron chi connectivity index (χ1n) is 10.1. The second-order valence-electron chi connectivity index (χ2n) is 8.18. The molecule has 4 heterocycles. The predicted molar refractivity (Wildman–Crippen MR) is 111 cm³/mol. The largest absolute Gasteiger partial charge is 0.505 e. The van der Waals surface area contributed by atoms with E-state index in [2.05, 4.69) is 20.3 Å². The number of benzene rings is 1. The highest BCUT2D eigenvalue weighted by molar-refractivity contribution is 5.90. The SMILES string of the molecule is CN(c1cnc(-c2ccc3c(=O)n(C)cnc3c2O)cn1)[C@@H]1CC2CC[C@H](N2)[C@@H]1F. The Hall–Kier alpha value is -3.07. The van der Waals surface area contributed by atoms with Gasteiger partial charge in [-0.3, -0.25) is 9.78 Å². The van der Waals surface area contributed by atoms with Crippen molar-refractivity contribution in [3.8, 4) is 17.0 Å². The Morgan fingerprint density at radius 3 is 2.83 bits per heavy atom. The van der Waals surface area contributed by atoms with Crippen LogP contribution in [0.1, 0.15) is 19.3 Å². The van der Waals surface area contributed by atoms with Crippen LogP contribution >= 0.6 is 0 Å². The number of anilines is 1. The van der Waals surface area contributed by atoms with E-state index in [9.17, 15) is 14.3 Å². The number of alkyl halides is 1. The van der Waals surface area contributed by atoms with Crippen molar-refractivity contribution in [2.45, 2.75) is 43.6 Å². The van der Waals surface area contributed by atoms with Gasteiger partial charge in [0.15, 0.2) is 5.75 Å². The first kappa shape index (κ1) is 18.9. The van der Waals surface area contributed by atoms with E-state index in [0.29, 0.717) is 28.5 Å². The monoisotopic (exact) mass is 410 g/mol. The topological polar surface area (TPSA) is 96.2 Å². The van der Waals surface area contributed by atoms with Gasteiger partial charge >= 0.3 is 0 Å². The lowest BCUT2D eigenvalue weighted by Crippen LogP contribution is -2.55. The standard InChI is InChI=1S/C21H23FN6O2/c1-27-10-25-19-13(21(27)30)5-4-12(20(19)29)15-8-24-17(9-23-15)28(2)16-7-11-3-6-14(26-11)18(16)22/h4-5,8-11,14,16,18,26,29H,3,6-7H2,1-2H3/t11?,14-,16+,18-/m0/s1. The van der Waals surface area contributed by atoms with Crippen LogP contribution in [-0.4, -0.2) is 56.0 Å². The summed E-state index contributed by atoms with van der Waals surface area (Å²) < 4.78 is 16.2. The predicted octanol–water partition coefficient (Wildman–Crippen LogP) is 1.76. The number of aromatic nitrogens is 4. The average molecular weight is 410 g/mol. The molecule has 2 bridgehead atoms. The van der Waals surface area contributed by atoms with Gasteiger partial charge in [-0.05, 0) is 31.4 Å². The van der Waals surface area contributed by atoms with Crippen LogP contribution in [0.4, 0.5) is 10.2 Å². The molecule has 0 amide bonds. The van der Waals surface area contributed by atoms with Crippen molar-refractivity contribution in [3.63, 3.8) is 0 Å². The Kier molecular flexibility index (Phi) is 4.43. The zero-order chi connectivity index (χ0) is 21.0. The molecule has 1 unspecified atom stereocenters. The van der Waals surface area contributed by atoms with E-state index in [1.54, 1.807) is 31.6 Å². The summed E-state index contributed by atoms with van der Waals surface area (Å²) in [5.41, 5.74) is 0.884. The summed E-state index contributed by atoms with van der Waals surface area (Å²) in [4.78, 5) is 27.2. The number of halogens is 1. The molecule has 2 aliphatic rings. The third-order valence-electron chi connectivity index (χ3n) is 6.39. The van der Waals surface area contributed by atoms with Gasteiger partial charge in [0.1, 0.15) is 17.5 Å². The molecule has 0 aliphatic carbocycles. The molecule has 156 valence electrons. The highest BCUT2D eigenvalue weighted by Crippen LogP contribution is 2.35. The Labute approximate surface area is 172 Å². The van der Waals surface area contributed by atoms with Gasteiger partial charge in [0.2, 0.25) is 0 Å². The number of nitrogens with zero attached hydrogens (tertiary/aromatic N) is 5. The van der Waals surface area contributed by atoms with Crippen molar-refractivity contribution in [2.75, 3.05) is 11.9 Å². The molecule has 1 aromatic carbocycles. The smallest absolute Gasteiger partial charge is 0.261 e. The molecule has 4 atom stereocenters. The molecule has 0 saturated carbocycles. The number of fused-ring (bicyclic) bond motifs is 3. The van der Waals surface area contributed by atoms with Crippen LogP contribution in [0.15, 0.2) is 35.6 Å². The first-order chi connectivity index (χ1) is 14.4. The highest BCUT2D eigenvalue weighted by atomic mass is 19.1. The Morgan fingerprint density at radius 2 is 2.07 bits per heavy atom. The fourth-order valence-corrected chi connectivity index (χ4v) is 4.64. The summed E-state index contributed by atoms with van der Waals surface area (Å²) in [6.45, 7) is 0. The van der Waals surface area contributed by atoms with Crippen molar-refractivity contribution in [2.24, 2.45) is 7.05 Å². The van der Waals surface area contributed by atoms with Gasteiger partial charge in [0.05, 0.1) is 35.8 Å². The molecule has 2 N–H and O–H groups in total. The summed E-state index contributed by atoms with van der Waals surface area (Å²) >= 11 is 0. The average Bonchev–Trinajstić information content (AvgIpc) is 3.17. The van der Waals surface area contributed by atoms with Crippen molar-refractivity contribution >= 4 is 16.7 Å². The van der Waals surface area contributed by atoms with Gasteiger partial charge in [-0.2, -0.15) is 0 Å². The minimum atomic E-state index is -0.951. The van der Waals surface area contributed by atoms with Crippen molar-refractivity contribution < 1.29 is 9.50 Å². The van der Waals surface area contributed by atoms with E-state index >= 15 is 0 Å². The summed E-state index contributed by atoms with van der Waals surface area (Å²) in [5, 5.41) is 14.3. The molecule has 0 radical (unpaired) electrons. The maximum absolute atomic E-state index is 14.9. The highest BCUT2D eigenvalue weighted by Gasteiger charge is 2.43. The number of phenols is 1. The number of aromatic hydroxyl groups is 1. The molecule has 2 aliphatic heterocycles. The number of piperidine rings is 1. The summed E-state index contributed by atoms with van der Waals surface area (Å²) in [5.74, 6) is 0.472. The summed E-state index contributed by atoms with van der Waals surface area (Å²) in [7, 11) is 3.45.